The molecule has 1 aromatic heterocycles. The Morgan fingerprint density at radius 3 is 2.55 bits per heavy atom. The zero-order valence-corrected chi connectivity index (χ0v) is 19.4. The SMILES string of the molecule is COc1ccc(N(CCCC(=O)Nc2nnc(SCC(C)C)s2)S(C)(=O)=O)cc1. The number of sulfonamides is 1. The Hall–Kier alpha value is -1.85. The normalized spacial score (nSPS) is 11.5. The summed E-state index contributed by atoms with van der Waals surface area (Å²) < 4.78 is 31.5. The van der Waals surface area contributed by atoms with E-state index >= 15 is 0 Å². The summed E-state index contributed by atoms with van der Waals surface area (Å²) in [5.41, 5.74) is 0.532. The van der Waals surface area contributed by atoms with Crippen LogP contribution >= 0.6 is 23.1 Å². The summed E-state index contributed by atoms with van der Waals surface area (Å²) in [5.74, 6) is 1.91. The van der Waals surface area contributed by atoms with E-state index < -0.39 is 10.0 Å². The van der Waals surface area contributed by atoms with Crippen molar-refractivity contribution in [3.63, 3.8) is 0 Å². The van der Waals surface area contributed by atoms with E-state index in [9.17, 15) is 13.2 Å². The second-order valence-electron chi connectivity index (χ2n) is 6.76. The molecule has 0 aliphatic rings. The molecule has 0 bridgehead atoms. The molecule has 2 rings (SSSR count). The van der Waals surface area contributed by atoms with Crippen molar-refractivity contribution >= 4 is 49.8 Å². The number of carbonyl (C=O) groups excluding carboxylic acids is 1. The van der Waals surface area contributed by atoms with Crippen LogP contribution in [0.5, 0.6) is 5.75 Å². The number of benzene rings is 1. The Balaban J connectivity index is 1.88. The molecule has 0 radical (unpaired) electrons. The maximum Gasteiger partial charge on any atom is 0.232 e. The van der Waals surface area contributed by atoms with Gasteiger partial charge in [0.15, 0.2) is 4.34 Å². The lowest BCUT2D eigenvalue weighted by Crippen LogP contribution is -2.31. The van der Waals surface area contributed by atoms with E-state index in [2.05, 4.69) is 29.4 Å². The van der Waals surface area contributed by atoms with Crippen molar-refractivity contribution in [3.05, 3.63) is 24.3 Å². The molecule has 1 N–H and O–H groups in total. The van der Waals surface area contributed by atoms with Crippen molar-refractivity contribution in [1.29, 1.82) is 0 Å². The van der Waals surface area contributed by atoms with Gasteiger partial charge in [-0.15, -0.1) is 10.2 Å². The van der Waals surface area contributed by atoms with Crippen molar-refractivity contribution in [2.45, 2.75) is 31.0 Å². The molecule has 0 spiro atoms. The van der Waals surface area contributed by atoms with Gasteiger partial charge in [0.1, 0.15) is 5.75 Å². The fourth-order valence-corrected chi connectivity index (χ4v) is 5.07. The molecule has 8 nitrogen and oxygen atoms in total. The average Bonchev–Trinajstić information content (AvgIpc) is 3.10. The number of amides is 1. The fourth-order valence-electron chi connectivity index (χ4n) is 2.36. The minimum absolute atomic E-state index is 0.177. The molecular weight excluding hydrogens is 432 g/mol. The third kappa shape index (κ3) is 7.82. The highest BCUT2D eigenvalue weighted by Crippen LogP contribution is 2.27. The van der Waals surface area contributed by atoms with Crippen LogP contribution in [0.1, 0.15) is 26.7 Å². The number of methoxy groups -OCH3 is 1. The molecule has 2 aromatic rings. The molecule has 1 aromatic carbocycles. The van der Waals surface area contributed by atoms with Crippen LogP contribution in [-0.4, -0.2) is 50.2 Å². The summed E-state index contributed by atoms with van der Waals surface area (Å²) in [7, 11) is -1.92. The smallest absolute Gasteiger partial charge is 0.232 e. The zero-order chi connectivity index (χ0) is 21.4. The summed E-state index contributed by atoms with van der Waals surface area (Å²) in [5, 5.41) is 11.2. The molecule has 0 unspecified atom stereocenters. The molecule has 1 heterocycles. The molecule has 0 atom stereocenters. The Morgan fingerprint density at radius 2 is 1.97 bits per heavy atom. The maximum atomic E-state index is 12.2. The van der Waals surface area contributed by atoms with E-state index in [0.29, 0.717) is 28.9 Å². The van der Waals surface area contributed by atoms with Gasteiger partial charge in [-0.3, -0.25) is 9.10 Å². The highest BCUT2D eigenvalue weighted by molar-refractivity contribution is 8.01. The second-order valence-corrected chi connectivity index (χ2v) is 10.9. The first-order chi connectivity index (χ1) is 13.7. The predicted octanol–water partition coefficient (Wildman–Crippen LogP) is 3.48. The summed E-state index contributed by atoms with van der Waals surface area (Å²) in [4.78, 5) is 12.2. The highest BCUT2D eigenvalue weighted by atomic mass is 32.2. The second kappa shape index (κ2) is 10.8. The summed E-state index contributed by atoms with van der Waals surface area (Å²) in [6.45, 7) is 4.45. The van der Waals surface area contributed by atoms with Crippen LogP contribution in [0.3, 0.4) is 0 Å². The molecule has 0 fully saturated rings. The number of carbonyl (C=O) groups is 1. The van der Waals surface area contributed by atoms with Crippen molar-refractivity contribution in [1.82, 2.24) is 10.2 Å². The van der Waals surface area contributed by atoms with Crippen LogP contribution in [0.4, 0.5) is 10.8 Å². The molecule has 0 saturated carbocycles. The third-order valence-electron chi connectivity index (χ3n) is 3.72. The lowest BCUT2D eigenvalue weighted by atomic mass is 10.2. The number of hydrogen-bond donors (Lipinski definition) is 1. The Labute approximate surface area is 180 Å². The van der Waals surface area contributed by atoms with E-state index in [1.165, 1.54) is 15.6 Å². The molecule has 1 amide bonds. The van der Waals surface area contributed by atoms with Crippen LogP contribution in [0.15, 0.2) is 28.6 Å². The molecule has 29 heavy (non-hydrogen) atoms. The van der Waals surface area contributed by atoms with Crippen LogP contribution in [-0.2, 0) is 14.8 Å². The predicted molar refractivity (Wildman–Crippen MR) is 119 cm³/mol. The monoisotopic (exact) mass is 458 g/mol. The van der Waals surface area contributed by atoms with Gasteiger partial charge in [-0.05, 0) is 36.6 Å². The highest BCUT2D eigenvalue weighted by Gasteiger charge is 2.18. The number of hydrogen-bond acceptors (Lipinski definition) is 8. The minimum atomic E-state index is -3.47. The quantitative estimate of drug-likeness (QED) is 0.406. The zero-order valence-electron chi connectivity index (χ0n) is 16.9. The van der Waals surface area contributed by atoms with Crippen LogP contribution in [0.25, 0.3) is 0 Å². The lowest BCUT2D eigenvalue weighted by molar-refractivity contribution is -0.116. The van der Waals surface area contributed by atoms with Gasteiger partial charge in [-0.25, -0.2) is 8.42 Å². The van der Waals surface area contributed by atoms with Gasteiger partial charge in [0, 0.05) is 18.7 Å². The molecule has 0 aliphatic heterocycles. The van der Waals surface area contributed by atoms with Gasteiger partial charge in [-0.2, -0.15) is 0 Å². The van der Waals surface area contributed by atoms with Crippen molar-refractivity contribution < 1.29 is 17.9 Å². The minimum Gasteiger partial charge on any atom is -0.497 e. The number of anilines is 2. The van der Waals surface area contributed by atoms with Gasteiger partial charge in [-0.1, -0.05) is 36.9 Å². The third-order valence-corrected chi connectivity index (χ3v) is 7.31. The summed E-state index contributed by atoms with van der Waals surface area (Å²) >= 11 is 2.95. The first kappa shape index (κ1) is 23.4. The summed E-state index contributed by atoms with van der Waals surface area (Å²) in [6.07, 6.45) is 1.70. The van der Waals surface area contributed by atoms with Crippen molar-refractivity contribution in [2.75, 3.05) is 35.3 Å². The number of nitrogens with zero attached hydrogens (tertiary/aromatic N) is 3. The Bertz CT molecular complexity index is 898. The number of thioether (sulfide) groups is 1. The van der Waals surface area contributed by atoms with Crippen molar-refractivity contribution in [3.8, 4) is 5.75 Å². The van der Waals surface area contributed by atoms with E-state index in [-0.39, 0.29) is 18.9 Å². The Morgan fingerprint density at radius 1 is 1.28 bits per heavy atom. The number of rotatable bonds is 11. The van der Waals surface area contributed by atoms with E-state index in [1.807, 2.05) is 0 Å². The molecule has 0 saturated heterocycles. The van der Waals surface area contributed by atoms with Gasteiger partial charge in [0.05, 0.1) is 19.1 Å². The van der Waals surface area contributed by atoms with E-state index in [1.54, 1.807) is 43.1 Å². The fraction of sp³-hybridized carbons (Fsp3) is 0.500. The number of ether oxygens (including phenoxy) is 1. The van der Waals surface area contributed by atoms with E-state index in [0.717, 1.165) is 16.3 Å². The first-order valence-corrected chi connectivity index (χ1v) is 12.7. The first-order valence-electron chi connectivity index (χ1n) is 9.07. The lowest BCUT2D eigenvalue weighted by Gasteiger charge is -2.22. The van der Waals surface area contributed by atoms with Gasteiger partial charge in [0.25, 0.3) is 0 Å². The van der Waals surface area contributed by atoms with Gasteiger partial charge >= 0.3 is 0 Å². The topological polar surface area (TPSA) is 101 Å². The van der Waals surface area contributed by atoms with Crippen molar-refractivity contribution in [2.24, 2.45) is 5.92 Å². The standard InChI is InChI=1S/C18H26N4O4S3/c1-13(2)12-27-18-21-20-17(28-18)19-16(23)6-5-11-22(29(4,24)25)14-7-9-15(26-3)10-8-14/h7-10,13H,5-6,11-12H2,1-4H3,(H,19,20,23). The Kier molecular flexibility index (Phi) is 8.72. The molecule has 11 heteroatoms. The van der Waals surface area contributed by atoms with Crippen LogP contribution < -0.4 is 14.4 Å². The largest absolute Gasteiger partial charge is 0.497 e. The average molecular weight is 459 g/mol. The number of aromatic nitrogens is 2. The van der Waals surface area contributed by atoms with Crippen LogP contribution in [0, 0.1) is 5.92 Å². The summed E-state index contributed by atoms with van der Waals surface area (Å²) in [6, 6.07) is 6.75. The van der Waals surface area contributed by atoms with Gasteiger partial charge in [0.2, 0.25) is 21.1 Å². The molecule has 160 valence electrons. The molecule has 0 aliphatic carbocycles. The van der Waals surface area contributed by atoms with Crippen LogP contribution in [0.2, 0.25) is 0 Å². The molecular formula is C18H26N4O4S3. The number of nitrogens with one attached hydrogen (secondary N) is 1. The van der Waals surface area contributed by atoms with E-state index in [4.69, 9.17) is 4.74 Å². The maximum absolute atomic E-state index is 12.2. The van der Waals surface area contributed by atoms with Gasteiger partial charge < -0.3 is 10.1 Å².